The third kappa shape index (κ3) is 3.97. The van der Waals surface area contributed by atoms with Gasteiger partial charge in [0.15, 0.2) is 0 Å². The molecular weight excluding hydrogens is 252 g/mol. The third-order valence-electron chi connectivity index (χ3n) is 3.73. The van der Waals surface area contributed by atoms with Gasteiger partial charge in [0.1, 0.15) is 5.75 Å². The molecule has 0 spiro atoms. The molecule has 1 saturated heterocycles. The topological polar surface area (TPSA) is 50.4 Å². The Labute approximate surface area is 120 Å². The van der Waals surface area contributed by atoms with Crippen LogP contribution in [0, 0.1) is 5.92 Å². The molecule has 2 rings (SSSR count). The van der Waals surface area contributed by atoms with Crippen LogP contribution in [0.1, 0.15) is 37.0 Å². The molecule has 0 aromatic heterocycles. The Kier molecular flexibility index (Phi) is 5.41. The largest absolute Gasteiger partial charge is 0.494 e. The Balaban J connectivity index is 1.94. The molecule has 2 atom stereocenters. The lowest BCUT2D eigenvalue weighted by Gasteiger charge is -2.20. The van der Waals surface area contributed by atoms with E-state index in [9.17, 15) is 4.79 Å². The summed E-state index contributed by atoms with van der Waals surface area (Å²) < 4.78 is 5.56. The van der Waals surface area contributed by atoms with Crippen LogP contribution in [0.15, 0.2) is 24.3 Å². The molecule has 0 saturated carbocycles. The number of hydrogen-bond donors (Lipinski definition) is 2. The molecule has 4 nitrogen and oxygen atoms in total. The summed E-state index contributed by atoms with van der Waals surface area (Å²) in [6.07, 6.45) is 2.09. The van der Waals surface area contributed by atoms with Crippen molar-refractivity contribution < 1.29 is 9.53 Å². The Morgan fingerprint density at radius 1 is 1.55 bits per heavy atom. The first kappa shape index (κ1) is 14.9. The fraction of sp³-hybridized carbons (Fsp3) is 0.562. The van der Waals surface area contributed by atoms with Gasteiger partial charge in [-0.15, -0.1) is 0 Å². The summed E-state index contributed by atoms with van der Waals surface area (Å²) in [6, 6.07) is 7.58. The van der Waals surface area contributed by atoms with Crippen LogP contribution in [0.5, 0.6) is 5.75 Å². The molecule has 1 fully saturated rings. The van der Waals surface area contributed by atoms with Crippen LogP contribution in [0.3, 0.4) is 0 Å². The quantitative estimate of drug-likeness (QED) is 0.837. The highest BCUT2D eigenvalue weighted by molar-refractivity contribution is 5.94. The van der Waals surface area contributed by atoms with Crippen LogP contribution in [0.2, 0.25) is 0 Å². The van der Waals surface area contributed by atoms with Gasteiger partial charge in [-0.3, -0.25) is 4.79 Å². The minimum absolute atomic E-state index is 0.0219. The molecule has 0 aliphatic carbocycles. The maximum absolute atomic E-state index is 12.3. The van der Waals surface area contributed by atoms with Crippen molar-refractivity contribution in [1.29, 1.82) is 0 Å². The number of hydrogen-bond acceptors (Lipinski definition) is 3. The smallest absolute Gasteiger partial charge is 0.251 e. The highest BCUT2D eigenvalue weighted by Gasteiger charge is 2.22. The van der Waals surface area contributed by atoms with Gasteiger partial charge >= 0.3 is 0 Å². The maximum Gasteiger partial charge on any atom is 0.251 e. The van der Waals surface area contributed by atoms with Crippen molar-refractivity contribution in [3.63, 3.8) is 0 Å². The molecule has 0 radical (unpaired) electrons. The van der Waals surface area contributed by atoms with Crippen molar-refractivity contribution in [2.45, 2.75) is 32.7 Å². The summed E-state index contributed by atoms with van der Waals surface area (Å²) >= 11 is 0. The van der Waals surface area contributed by atoms with Crippen molar-refractivity contribution in [2.24, 2.45) is 5.92 Å². The molecule has 1 aromatic rings. The molecule has 20 heavy (non-hydrogen) atoms. The molecule has 1 amide bonds. The summed E-state index contributed by atoms with van der Waals surface area (Å²) in [5.74, 6) is 1.26. The number of benzene rings is 1. The van der Waals surface area contributed by atoms with Gasteiger partial charge in [-0.1, -0.05) is 13.0 Å². The summed E-state index contributed by atoms with van der Waals surface area (Å²) in [7, 11) is 0. The lowest BCUT2D eigenvalue weighted by atomic mass is 10.0. The van der Waals surface area contributed by atoms with E-state index in [1.54, 1.807) is 0 Å². The van der Waals surface area contributed by atoms with E-state index in [-0.39, 0.29) is 11.9 Å². The second kappa shape index (κ2) is 7.29. The van der Waals surface area contributed by atoms with E-state index in [4.69, 9.17) is 4.74 Å². The first-order valence-electron chi connectivity index (χ1n) is 7.45. The Morgan fingerprint density at radius 2 is 2.40 bits per heavy atom. The van der Waals surface area contributed by atoms with Crippen molar-refractivity contribution in [2.75, 3.05) is 19.7 Å². The Bertz CT molecular complexity index is 442. The third-order valence-corrected chi connectivity index (χ3v) is 3.73. The SMILES string of the molecule is CCCOc1cccc(C(=O)NC(C)C2CCNC2)c1. The van der Waals surface area contributed by atoms with Crippen LogP contribution in [0.4, 0.5) is 0 Å². The first-order valence-corrected chi connectivity index (χ1v) is 7.45. The first-order chi connectivity index (χ1) is 9.70. The Hall–Kier alpha value is -1.55. The van der Waals surface area contributed by atoms with Gasteiger partial charge in [-0.25, -0.2) is 0 Å². The van der Waals surface area contributed by atoms with E-state index in [2.05, 4.69) is 24.5 Å². The van der Waals surface area contributed by atoms with Gasteiger partial charge in [0.2, 0.25) is 0 Å². The number of amides is 1. The molecular formula is C16H24N2O2. The van der Waals surface area contributed by atoms with Gasteiger partial charge in [0.25, 0.3) is 5.91 Å². The molecule has 1 heterocycles. The molecule has 0 bridgehead atoms. The fourth-order valence-corrected chi connectivity index (χ4v) is 2.46. The monoisotopic (exact) mass is 276 g/mol. The molecule has 1 aliphatic rings. The van der Waals surface area contributed by atoms with E-state index in [1.807, 2.05) is 24.3 Å². The number of carbonyl (C=O) groups is 1. The number of carbonyl (C=O) groups excluding carboxylic acids is 1. The van der Waals surface area contributed by atoms with Crippen molar-refractivity contribution in [3.05, 3.63) is 29.8 Å². The maximum atomic E-state index is 12.3. The summed E-state index contributed by atoms with van der Waals surface area (Å²) in [6.45, 7) is 6.85. The van der Waals surface area contributed by atoms with E-state index in [0.29, 0.717) is 18.1 Å². The summed E-state index contributed by atoms with van der Waals surface area (Å²) in [5, 5.41) is 6.41. The fourth-order valence-electron chi connectivity index (χ4n) is 2.46. The van der Waals surface area contributed by atoms with E-state index in [1.165, 1.54) is 0 Å². The highest BCUT2D eigenvalue weighted by Crippen LogP contribution is 2.16. The minimum atomic E-state index is -0.0219. The lowest BCUT2D eigenvalue weighted by Crippen LogP contribution is -2.38. The molecule has 2 unspecified atom stereocenters. The van der Waals surface area contributed by atoms with Crippen LogP contribution in [-0.2, 0) is 0 Å². The number of rotatable bonds is 6. The summed E-state index contributed by atoms with van der Waals surface area (Å²) in [5.41, 5.74) is 0.663. The molecule has 110 valence electrons. The van der Waals surface area contributed by atoms with Crippen molar-refractivity contribution in [1.82, 2.24) is 10.6 Å². The highest BCUT2D eigenvalue weighted by atomic mass is 16.5. The van der Waals surface area contributed by atoms with Crippen molar-refractivity contribution in [3.8, 4) is 5.75 Å². The van der Waals surface area contributed by atoms with Crippen LogP contribution >= 0.6 is 0 Å². The predicted molar refractivity (Wildman–Crippen MR) is 80.1 cm³/mol. The summed E-state index contributed by atoms with van der Waals surface area (Å²) in [4.78, 5) is 12.3. The zero-order valence-corrected chi connectivity index (χ0v) is 12.3. The molecule has 2 N–H and O–H groups in total. The van der Waals surface area contributed by atoms with Gasteiger partial charge in [-0.2, -0.15) is 0 Å². The molecule has 1 aliphatic heterocycles. The van der Waals surface area contributed by atoms with Gasteiger partial charge in [-0.05, 0) is 57.0 Å². The number of ether oxygens (including phenoxy) is 1. The zero-order valence-electron chi connectivity index (χ0n) is 12.3. The van der Waals surface area contributed by atoms with E-state index >= 15 is 0 Å². The van der Waals surface area contributed by atoms with Gasteiger partial charge in [0.05, 0.1) is 6.61 Å². The zero-order chi connectivity index (χ0) is 14.4. The molecule has 4 heteroatoms. The average molecular weight is 276 g/mol. The second-order valence-electron chi connectivity index (χ2n) is 5.39. The van der Waals surface area contributed by atoms with E-state index < -0.39 is 0 Å². The predicted octanol–water partition coefficient (Wildman–Crippen LogP) is 2.20. The standard InChI is InChI=1S/C16H24N2O2/c1-3-9-20-15-6-4-5-13(10-15)16(19)18-12(2)14-7-8-17-11-14/h4-6,10,12,14,17H,3,7-9,11H2,1-2H3,(H,18,19). The van der Waals surface area contributed by atoms with Crippen LogP contribution < -0.4 is 15.4 Å². The minimum Gasteiger partial charge on any atom is -0.494 e. The Morgan fingerprint density at radius 3 is 3.10 bits per heavy atom. The van der Waals surface area contributed by atoms with Gasteiger partial charge < -0.3 is 15.4 Å². The van der Waals surface area contributed by atoms with Crippen LogP contribution in [-0.4, -0.2) is 31.6 Å². The van der Waals surface area contributed by atoms with Crippen molar-refractivity contribution >= 4 is 5.91 Å². The normalized spacial score (nSPS) is 19.6. The average Bonchev–Trinajstić information content (AvgIpc) is 2.99. The second-order valence-corrected chi connectivity index (χ2v) is 5.39. The lowest BCUT2D eigenvalue weighted by molar-refractivity contribution is 0.0928. The number of nitrogens with one attached hydrogen (secondary N) is 2. The van der Waals surface area contributed by atoms with E-state index in [0.717, 1.165) is 31.7 Å². The van der Waals surface area contributed by atoms with Gasteiger partial charge in [0, 0.05) is 11.6 Å². The molecule has 1 aromatic carbocycles. The van der Waals surface area contributed by atoms with Crippen LogP contribution in [0.25, 0.3) is 0 Å².